The predicted molar refractivity (Wildman–Crippen MR) is 96.8 cm³/mol. The van der Waals surface area contributed by atoms with Crippen LogP contribution in [0.4, 0.5) is 5.82 Å². The second kappa shape index (κ2) is 6.28. The molecular weight excluding hydrogens is 314 g/mol. The average molecular weight is 331 g/mol. The Morgan fingerprint density at radius 2 is 2.00 bits per heavy atom. The second-order valence-electron chi connectivity index (χ2n) is 5.97. The molecule has 124 valence electrons. The lowest BCUT2D eigenvalue weighted by Crippen LogP contribution is -2.14. The fourth-order valence-corrected chi connectivity index (χ4v) is 2.80. The highest BCUT2D eigenvalue weighted by Gasteiger charge is 2.12. The van der Waals surface area contributed by atoms with Crippen LogP contribution in [0.2, 0.25) is 0 Å². The summed E-state index contributed by atoms with van der Waals surface area (Å²) in [5.74, 6) is 0.402. The summed E-state index contributed by atoms with van der Waals surface area (Å²) in [6.07, 6.45) is 3.71. The van der Waals surface area contributed by atoms with E-state index in [4.69, 9.17) is 4.42 Å². The van der Waals surface area contributed by atoms with Gasteiger partial charge in [-0.2, -0.15) is 5.10 Å². The Labute approximate surface area is 144 Å². The highest BCUT2D eigenvalue weighted by Crippen LogP contribution is 2.23. The Morgan fingerprint density at radius 3 is 2.84 bits per heavy atom. The number of para-hydroxylation sites is 1. The predicted octanol–water partition coefficient (Wildman–Crippen LogP) is 4.11. The van der Waals surface area contributed by atoms with Crippen LogP contribution >= 0.6 is 0 Å². The molecule has 0 unspecified atom stereocenters. The van der Waals surface area contributed by atoms with Crippen LogP contribution in [0.15, 0.2) is 71.5 Å². The lowest BCUT2D eigenvalue weighted by molar-refractivity contribution is -0.115. The molecule has 0 atom stereocenters. The molecule has 2 heterocycles. The first kappa shape index (κ1) is 15.2. The highest BCUT2D eigenvalue weighted by atomic mass is 16.3. The van der Waals surface area contributed by atoms with E-state index in [0.29, 0.717) is 5.82 Å². The van der Waals surface area contributed by atoms with E-state index >= 15 is 0 Å². The normalized spacial score (nSPS) is 10.9. The summed E-state index contributed by atoms with van der Waals surface area (Å²) in [7, 11) is 0. The minimum Gasteiger partial charge on any atom is -0.464 e. The Hall–Kier alpha value is -3.34. The van der Waals surface area contributed by atoms with Crippen molar-refractivity contribution in [3.63, 3.8) is 0 Å². The summed E-state index contributed by atoms with van der Waals surface area (Å²) in [5.41, 5.74) is 3.75. The number of fused-ring (bicyclic) bond motifs is 1. The second-order valence-corrected chi connectivity index (χ2v) is 5.97. The van der Waals surface area contributed by atoms with Gasteiger partial charge in [0.25, 0.3) is 0 Å². The molecule has 1 N–H and O–H groups in total. The molecule has 2 aromatic carbocycles. The summed E-state index contributed by atoms with van der Waals surface area (Å²) >= 11 is 0. The van der Waals surface area contributed by atoms with Gasteiger partial charge in [-0.1, -0.05) is 30.3 Å². The molecule has 0 spiro atoms. The Morgan fingerprint density at radius 1 is 1.16 bits per heavy atom. The van der Waals surface area contributed by atoms with Gasteiger partial charge in [0, 0.05) is 23.2 Å². The van der Waals surface area contributed by atoms with Gasteiger partial charge in [-0.3, -0.25) is 4.79 Å². The van der Waals surface area contributed by atoms with Gasteiger partial charge in [0.1, 0.15) is 5.58 Å². The van der Waals surface area contributed by atoms with Crippen molar-refractivity contribution >= 4 is 22.7 Å². The molecule has 4 rings (SSSR count). The maximum absolute atomic E-state index is 12.3. The van der Waals surface area contributed by atoms with Crippen molar-refractivity contribution in [3.8, 4) is 5.69 Å². The van der Waals surface area contributed by atoms with Crippen molar-refractivity contribution < 1.29 is 9.21 Å². The van der Waals surface area contributed by atoms with Crippen molar-refractivity contribution in [2.45, 2.75) is 13.3 Å². The number of furan rings is 1. The number of anilines is 1. The molecule has 0 aliphatic heterocycles. The van der Waals surface area contributed by atoms with Gasteiger partial charge in [0.15, 0.2) is 5.82 Å². The number of rotatable bonds is 4. The van der Waals surface area contributed by atoms with Crippen LogP contribution in [-0.2, 0) is 11.2 Å². The fraction of sp³-hybridized carbons (Fsp3) is 0.100. The third-order valence-electron chi connectivity index (χ3n) is 4.04. The summed E-state index contributed by atoms with van der Waals surface area (Å²) < 4.78 is 7.27. The van der Waals surface area contributed by atoms with Crippen LogP contribution in [0.5, 0.6) is 0 Å². The van der Waals surface area contributed by atoms with Gasteiger partial charge in [-0.15, -0.1) is 0 Å². The van der Waals surface area contributed by atoms with Crippen molar-refractivity contribution in [1.82, 2.24) is 9.78 Å². The summed E-state index contributed by atoms with van der Waals surface area (Å²) in [6, 6.07) is 17.5. The topological polar surface area (TPSA) is 60.1 Å². The number of aromatic nitrogens is 2. The molecule has 0 saturated carbocycles. The molecule has 25 heavy (non-hydrogen) atoms. The number of hydrogen-bond donors (Lipinski definition) is 1. The SMILES string of the molecule is Cc1ccc2c(CC(=O)Nc3ccn(-c4ccccc4)n3)coc2c1. The van der Waals surface area contributed by atoms with Gasteiger partial charge in [-0.05, 0) is 30.7 Å². The first-order valence-electron chi connectivity index (χ1n) is 8.07. The van der Waals surface area contributed by atoms with Gasteiger partial charge >= 0.3 is 0 Å². The maximum atomic E-state index is 12.3. The third-order valence-corrected chi connectivity index (χ3v) is 4.04. The van der Waals surface area contributed by atoms with Crippen molar-refractivity contribution in [3.05, 3.63) is 78.2 Å². The van der Waals surface area contributed by atoms with Gasteiger partial charge in [-0.25, -0.2) is 4.68 Å². The maximum Gasteiger partial charge on any atom is 0.230 e. The van der Waals surface area contributed by atoms with Crippen molar-refractivity contribution in [2.75, 3.05) is 5.32 Å². The molecule has 0 radical (unpaired) electrons. The molecule has 4 aromatic rings. The first-order valence-corrected chi connectivity index (χ1v) is 8.07. The Bertz CT molecular complexity index is 1030. The van der Waals surface area contributed by atoms with E-state index in [1.54, 1.807) is 17.0 Å². The molecule has 0 bridgehead atoms. The van der Waals surface area contributed by atoms with E-state index in [1.165, 1.54) is 0 Å². The zero-order valence-electron chi connectivity index (χ0n) is 13.8. The number of hydrogen-bond acceptors (Lipinski definition) is 3. The number of benzene rings is 2. The number of nitrogens with one attached hydrogen (secondary N) is 1. The standard InChI is InChI=1S/C20H17N3O2/c1-14-7-8-17-15(13-25-18(17)11-14)12-20(24)21-19-9-10-23(22-19)16-5-3-2-4-6-16/h2-11,13H,12H2,1H3,(H,21,22,24). The molecule has 5 heteroatoms. The molecule has 0 saturated heterocycles. The van der Waals surface area contributed by atoms with E-state index < -0.39 is 0 Å². The fourth-order valence-electron chi connectivity index (χ4n) is 2.80. The van der Waals surface area contributed by atoms with Gasteiger partial charge < -0.3 is 9.73 Å². The molecule has 5 nitrogen and oxygen atoms in total. The minimum absolute atomic E-state index is 0.124. The lowest BCUT2D eigenvalue weighted by atomic mass is 10.1. The molecule has 0 aliphatic rings. The molecule has 0 fully saturated rings. The van der Waals surface area contributed by atoms with E-state index in [9.17, 15) is 4.79 Å². The number of carbonyl (C=O) groups is 1. The summed E-state index contributed by atoms with van der Waals surface area (Å²) in [4.78, 5) is 12.3. The Balaban J connectivity index is 1.48. The number of aryl methyl sites for hydroxylation is 1. The third kappa shape index (κ3) is 3.17. The Kier molecular flexibility index (Phi) is 3.82. The molecule has 2 aromatic heterocycles. The van der Waals surface area contributed by atoms with Crippen LogP contribution in [0.3, 0.4) is 0 Å². The summed E-state index contributed by atoms with van der Waals surface area (Å²) in [6.45, 7) is 2.01. The number of nitrogens with zero attached hydrogens (tertiary/aromatic N) is 2. The van der Waals surface area contributed by atoms with Crippen LogP contribution < -0.4 is 5.32 Å². The zero-order chi connectivity index (χ0) is 17.2. The molecule has 1 amide bonds. The van der Waals surface area contributed by atoms with Crippen LogP contribution in [0.1, 0.15) is 11.1 Å². The van der Waals surface area contributed by atoms with Gasteiger partial charge in [0.05, 0.1) is 18.4 Å². The van der Waals surface area contributed by atoms with E-state index in [-0.39, 0.29) is 12.3 Å². The minimum atomic E-state index is -0.124. The lowest BCUT2D eigenvalue weighted by Gasteiger charge is -2.02. The monoisotopic (exact) mass is 331 g/mol. The quantitative estimate of drug-likeness (QED) is 0.612. The summed E-state index contributed by atoms with van der Waals surface area (Å²) in [5, 5.41) is 8.19. The van der Waals surface area contributed by atoms with Crippen LogP contribution in [0, 0.1) is 6.92 Å². The zero-order valence-corrected chi connectivity index (χ0v) is 13.8. The smallest absolute Gasteiger partial charge is 0.230 e. The van der Waals surface area contributed by atoms with Crippen molar-refractivity contribution in [2.24, 2.45) is 0 Å². The first-order chi connectivity index (χ1) is 12.2. The number of amides is 1. The van der Waals surface area contributed by atoms with E-state index in [2.05, 4.69) is 10.4 Å². The molecular formula is C20H17N3O2. The van der Waals surface area contributed by atoms with Crippen LogP contribution in [0.25, 0.3) is 16.7 Å². The van der Waals surface area contributed by atoms with E-state index in [0.717, 1.165) is 27.8 Å². The van der Waals surface area contributed by atoms with Crippen molar-refractivity contribution in [1.29, 1.82) is 0 Å². The number of carbonyl (C=O) groups excluding carboxylic acids is 1. The average Bonchev–Trinajstić information content (AvgIpc) is 3.23. The van der Waals surface area contributed by atoms with E-state index in [1.807, 2.05) is 61.7 Å². The molecule has 0 aliphatic carbocycles. The van der Waals surface area contributed by atoms with Crippen LogP contribution in [-0.4, -0.2) is 15.7 Å². The largest absolute Gasteiger partial charge is 0.464 e. The highest BCUT2D eigenvalue weighted by molar-refractivity contribution is 5.94. The van der Waals surface area contributed by atoms with Gasteiger partial charge in [0.2, 0.25) is 5.91 Å².